The number of aromatic hydroxyl groups is 1. The van der Waals surface area contributed by atoms with E-state index in [1.165, 1.54) is 25.0 Å². The minimum atomic E-state index is -0.367. The van der Waals surface area contributed by atoms with Gasteiger partial charge in [-0.2, -0.15) is 0 Å². The SMILES string of the molecule is O=C1Nc2ccc(F)cc2C1=Cc1ccc(O)c(C2CCCC2)c1. The first-order valence-corrected chi connectivity index (χ1v) is 8.28. The fraction of sp³-hybridized carbons (Fsp3) is 0.250. The third kappa shape index (κ3) is 2.58. The summed E-state index contributed by atoms with van der Waals surface area (Å²) in [5.41, 5.74) is 3.45. The van der Waals surface area contributed by atoms with Crippen molar-refractivity contribution in [2.75, 3.05) is 5.32 Å². The maximum atomic E-state index is 13.5. The number of phenols is 1. The van der Waals surface area contributed by atoms with Crippen LogP contribution in [0.1, 0.15) is 48.3 Å². The van der Waals surface area contributed by atoms with Crippen molar-refractivity contribution in [3.05, 3.63) is 58.9 Å². The summed E-state index contributed by atoms with van der Waals surface area (Å²) in [5, 5.41) is 12.9. The molecule has 2 aromatic carbocycles. The van der Waals surface area contributed by atoms with E-state index < -0.39 is 0 Å². The molecule has 4 heteroatoms. The molecule has 0 saturated heterocycles. The van der Waals surface area contributed by atoms with Gasteiger partial charge in [0.1, 0.15) is 11.6 Å². The predicted octanol–water partition coefficient (Wildman–Crippen LogP) is 4.68. The van der Waals surface area contributed by atoms with E-state index in [1.807, 2.05) is 6.07 Å². The van der Waals surface area contributed by atoms with Crippen molar-refractivity contribution < 1.29 is 14.3 Å². The van der Waals surface area contributed by atoms with Gasteiger partial charge in [-0.15, -0.1) is 0 Å². The van der Waals surface area contributed by atoms with Crippen LogP contribution in [0.15, 0.2) is 36.4 Å². The lowest BCUT2D eigenvalue weighted by atomic mass is 9.94. The topological polar surface area (TPSA) is 49.3 Å². The van der Waals surface area contributed by atoms with Gasteiger partial charge in [-0.3, -0.25) is 4.79 Å². The molecule has 1 heterocycles. The van der Waals surface area contributed by atoms with Crippen LogP contribution >= 0.6 is 0 Å². The van der Waals surface area contributed by atoms with Crippen LogP contribution in [0.4, 0.5) is 10.1 Å². The highest BCUT2D eigenvalue weighted by Gasteiger charge is 2.25. The number of hydrogen-bond donors (Lipinski definition) is 2. The van der Waals surface area contributed by atoms with E-state index in [2.05, 4.69) is 5.32 Å². The molecule has 1 aliphatic heterocycles. The normalized spacial score (nSPS) is 18.9. The highest BCUT2D eigenvalue weighted by atomic mass is 19.1. The van der Waals surface area contributed by atoms with E-state index in [1.54, 1.807) is 24.3 Å². The number of carbonyl (C=O) groups excluding carboxylic acids is 1. The van der Waals surface area contributed by atoms with Crippen molar-refractivity contribution >= 4 is 23.2 Å². The zero-order valence-electron chi connectivity index (χ0n) is 13.2. The standard InChI is InChI=1S/C20H18FNO2/c21-14-6-7-18-16(11-14)17(20(24)22-18)10-12-5-8-19(23)15(9-12)13-3-1-2-4-13/h5-11,13,23H,1-4H2,(H,22,24). The molecule has 1 aliphatic carbocycles. The van der Waals surface area contributed by atoms with Gasteiger partial charge in [0.2, 0.25) is 0 Å². The second-order valence-corrected chi connectivity index (χ2v) is 6.50. The predicted molar refractivity (Wildman–Crippen MR) is 92.2 cm³/mol. The molecule has 1 amide bonds. The zero-order valence-corrected chi connectivity index (χ0v) is 13.2. The van der Waals surface area contributed by atoms with Crippen LogP contribution in [-0.4, -0.2) is 11.0 Å². The Kier molecular flexibility index (Phi) is 3.60. The molecule has 2 aliphatic rings. The third-order valence-electron chi connectivity index (χ3n) is 4.92. The van der Waals surface area contributed by atoms with Crippen LogP contribution in [0.5, 0.6) is 5.75 Å². The number of nitrogens with one attached hydrogen (secondary N) is 1. The molecule has 0 aromatic heterocycles. The molecule has 2 N–H and O–H groups in total. The van der Waals surface area contributed by atoms with Crippen molar-refractivity contribution in [1.82, 2.24) is 0 Å². The Balaban J connectivity index is 1.75. The molecule has 0 unspecified atom stereocenters. The van der Waals surface area contributed by atoms with Gasteiger partial charge in [-0.25, -0.2) is 4.39 Å². The summed E-state index contributed by atoms with van der Waals surface area (Å²) in [6.45, 7) is 0. The first-order valence-electron chi connectivity index (χ1n) is 8.28. The van der Waals surface area contributed by atoms with Crippen LogP contribution in [-0.2, 0) is 4.79 Å². The first-order chi connectivity index (χ1) is 11.6. The number of fused-ring (bicyclic) bond motifs is 1. The molecular formula is C20H18FNO2. The highest BCUT2D eigenvalue weighted by molar-refractivity contribution is 6.34. The Morgan fingerprint density at radius 1 is 1.12 bits per heavy atom. The van der Waals surface area contributed by atoms with Crippen LogP contribution in [0, 0.1) is 5.82 Å². The van der Waals surface area contributed by atoms with Crippen molar-refractivity contribution in [3.63, 3.8) is 0 Å². The smallest absolute Gasteiger partial charge is 0.256 e. The summed E-state index contributed by atoms with van der Waals surface area (Å²) in [6, 6.07) is 9.69. The minimum Gasteiger partial charge on any atom is -0.508 e. The fourth-order valence-corrected chi connectivity index (χ4v) is 3.70. The number of phenolic OH excluding ortho intramolecular Hbond substituents is 1. The van der Waals surface area contributed by atoms with Gasteiger partial charge in [0.15, 0.2) is 0 Å². The first kappa shape index (κ1) is 14.9. The molecule has 1 saturated carbocycles. The second kappa shape index (κ2) is 5.78. The Bertz CT molecular complexity index is 851. The number of hydrogen-bond acceptors (Lipinski definition) is 2. The number of amides is 1. The van der Waals surface area contributed by atoms with Crippen molar-refractivity contribution in [1.29, 1.82) is 0 Å². The summed E-state index contributed by atoms with van der Waals surface area (Å²) in [4.78, 5) is 12.2. The molecule has 1 fully saturated rings. The zero-order chi connectivity index (χ0) is 16.7. The number of anilines is 1. The van der Waals surface area contributed by atoms with Gasteiger partial charge in [-0.1, -0.05) is 18.9 Å². The summed E-state index contributed by atoms with van der Waals surface area (Å²) in [6.07, 6.45) is 6.30. The molecule has 122 valence electrons. The third-order valence-corrected chi connectivity index (χ3v) is 4.92. The van der Waals surface area contributed by atoms with Crippen LogP contribution in [0.3, 0.4) is 0 Å². The van der Waals surface area contributed by atoms with Gasteiger partial charge in [0, 0.05) is 16.8 Å². The fourth-order valence-electron chi connectivity index (χ4n) is 3.70. The van der Waals surface area contributed by atoms with E-state index in [0.29, 0.717) is 28.5 Å². The van der Waals surface area contributed by atoms with Crippen LogP contribution in [0.2, 0.25) is 0 Å². The number of carbonyl (C=O) groups is 1. The molecular weight excluding hydrogens is 305 g/mol. The van der Waals surface area contributed by atoms with Crippen molar-refractivity contribution in [3.8, 4) is 5.75 Å². The number of rotatable bonds is 2. The van der Waals surface area contributed by atoms with E-state index >= 15 is 0 Å². The minimum absolute atomic E-state index is 0.230. The lowest BCUT2D eigenvalue weighted by molar-refractivity contribution is -0.110. The Morgan fingerprint density at radius 2 is 1.92 bits per heavy atom. The largest absolute Gasteiger partial charge is 0.508 e. The van der Waals surface area contributed by atoms with Gasteiger partial charge >= 0.3 is 0 Å². The van der Waals surface area contributed by atoms with Crippen LogP contribution in [0.25, 0.3) is 11.6 Å². The monoisotopic (exact) mass is 323 g/mol. The Morgan fingerprint density at radius 3 is 2.71 bits per heavy atom. The quantitative estimate of drug-likeness (QED) is 0.788. The summed E-state index contributed by atoms with van der Waals surface area (Å²) in [7, 11) is 0. The van der Waals surface area contributed by atoms with E-state index in [0.717, 1.165) is 24.0 Å². The van der Waals surface area contributed by atoms with Crippen LogP contribution < -0.4 is 5.32 Å². The molecule has 0 radical (unpaired) electrons. The number of benzene rings is 2. The number of halogens is 1. The van der Waals surface area contributed by atoms with Gasteiger partial charge in [-0.05, 0) is 66.3 Å². The summed E-state index contributed by atoms with van der Waals surface area (Å²) in [5.74, 6) is 0.0939. The molecule has 0 atom stereocenters. The van der Waals surface area contributed by atoms with Crippen molar-refractivity contribution in [2.24, 2.45) is 0 Å². The van der Waals surface area contributed by atoms with Gasteiger partial charge in [0.25, 0.3) is 5.91 Å². The second-order valence-electron chi connectivity index (χ2n) is 6.50. The lowest BCUT2D eigenvalue weighted by Crippen LogP contribution is -2.03. The molecule has 3 nitrogen and oxygen atoms in total. The Labute approximate surface area is 139 Å². The van der Waals surface area contributed by atoms with E-state index in [-0.39, 0.29) is 11.7 Å². The van der Waals surface area contributed by atoms with Gasteiger partial charge < -0.3 is 10.4 Å². The maximum Gasteiger partial charge on any atom is 0.256 e. The molecule has 0 spiro atoms. The average Bonchev–Trinajstić information content (AvgIpc) is 3.19. The van der Waals surface area contributed by atoms with E-state index in [4.69, 9.17) is 0 Å². The molecule has 0 bridgehead atoms. The van der Waals surface area contributed by atoms with Gasteiger partial charge in [0.05, 0.1) is 0 Å². The summed E-state index contributed by atoms with van der Waals surface area (Å²) < 4.78 is 13.5. The lowest BCUT2D eigenvalue weighted by Gasteiger charge is -2.12. The maximum absolute atomic E-state index is 13.5. The van der Waals surface area contributed by atoms with Crippen molar-refractivity contribution in [2.45, 2.75) is 31.6 Å². The molecule has 4 rings (SSSR count). The molecule has 24 heavy (non-hydrogen) atoms. The van der Waals surface area contributed by atoms with E-state index in [9.17, 15) is 14.3 Å². The highest BCUT2D eigenvalue weighted by Crippen LogP contribution is 2.40. The summed E-state index contributed by atoms with van der Waals surface area (Å²) >= 11 is 0. The Hall–Kier alpha value is -2.62. The average molecular weight is 323 g/mol. The molecule has 2 aromatic rings.